The van der Waals surface area contributed by atoms with Crippen molar-refractivity contribution in [1.82, 2.24) is 77.7 Å². The van der Waals surface area contributed by atoms with Gasteiger partial charge in [0.25, 0.3) is 0 Å². The molecule has 5 saturated heterocycles. The summed E-state index contributed by atoms with van der Waals surface area (Å²) in [5, 5.41) is 37.9. The molecule has 13 N–H and O–H groups in total. The van der Waals surface area contributed by atoms with Crippen LogP contribution < -0.4 is 58.9 Å². The van der Waals surface area contributed by atoms with Gasteiger partial charge >= 0.3 is 5.97 Å². The summed E-state index contributed by atoms with van der Waals surface area (Å²) in [5.74, 6) is -12.0. The molecule has 5 fully saturated rings. The Morgan fingerprint density at radius 3 is 0.955 bits per heavy atom. The number of nitrogens with zero attached hydrogens (tertiary/aromatic N) is 5. The Labute approximate surface area is 776 Å². The lowest BCUT2D eigenvalue weighted by Crippen LogP contribution is -2.60. The summed E-state index contributed by atoms with van der Waals surface area (Å²) in [6, 6.07) is 39.0. The van der Waals surface area contributed by atoms with E-state index in [4.69, 9.17) is 5.73 Å². The highest BCUT2D eigenvalue weighted by Crippen LogP contribution is 2.40. The minimum atomic E-state index is -1.54. The first-order valence-corrected chi connectivity index (χ1v) is 46.6. The van der Waals surface area contributed by atoms with Crippen LogP contribution in [0.25, 0.3) is 0 Å². The molecule has 0 radical (unpaired) electrons. The van der Waals surface area contributed by atoms with Gasteiger partial charge in [0.2, 0.25) is 88.6 Å². The average molecular weight is 1830 g/mol. The van der Waals surface area contributed by atoms with E-state index in [1.54, 1.807) is 20.8 Å². The summed E-state index contributed by atoms with van der Waals surface area (Å²) in [4.78, 5) is 237. The molecule has 0 bridgehead atoms. The Morgan fingerprint density at radius 2 is 0.632 bits per heavy atom. The molecular formula is C100H128N16O17. The number of carbonyl (C=O) groups excluding carboxylic acids is 15. The van der Waals surface area contributed by atoms with Crippen LogP contribution in [0.3, 0.4) is 0 Å². The molecule has 15 atom stereocenters. The number of aliphatic carboxylic acids is 1. The van der Waals surface area contributed by atoms with Gasteiger partial charge in [-0.15, -0.1) is 0 Å². The largest absolute Gasteiger partial charge is 0.480 e. The topological polar surface area (TPSA) is 456 Å². The lowest BCUT2D eigenvalue weighted by atomic mass is 9.77. The maximum absolute atomic E-state index is 15.3. The normalized spacial score (nSPS) is 19.5. The molecule has 5 aliphatic rings. The van der Waals surface area contributed by atoms with Crippen molar-refractivity contribution in [2.24, 2.45) is 17.6 Å². The molecular weight excluding hydrogens is 1700 g/mol. The zero-order chi connectivity index (χ0) is 96.0. The van der Waals surface area contributed by atoms with E-state index in [0.717, 1.165) is 16.7 Å². The first kappa shape index (κ1) is 100. The maximum atomic E-state index is 15.3. The Balaban J connectivity index is 0.752. The molecule has 0 spiro atoms. The predicted molar refractivity (Wildman–Crippen MR) is 495 cm³/mol. The van der Waals surface area contributed by atoms with E-state index in [0.29, 0.717) is 68.2 Å². The molecule has 6 aromatic carbocycles. The van der Waals surface area contributed by atoms with Gasteiger partial charge < -0.3 is 88.5 Å². The summed E-state index contributed by atoms with van der Waals surface area (Å²) in [6.45, 7) is 15.0. The number of amides is 15. The smallest absolute Gasteiger partial charge is 0.326 e. The zero-order valence-corrected chi connectivity index (χ0v) is 77.2. The number of carbonyl (C=O) groups is 16. The van der Waals surface area contributed by atoms with Gasteiger partial charge in [-0.2, -0.15) is 0 Å². The van der Waals surface area contributed by atoms with Crippen LogP contribution in [0.4, 0.5) is 0 Å². The van der Waals surface area contributed by atoms with Crippen molar-refractivity contribution in [1.29, 1.82) is 0 Å². The third kappa shape index (κ3) is 24.2. The highest BCUT2D eigenvalue weighted by Gasteiger charge is 2.49. The second-order valence-electron chi connectivity index (χ2n) is 36.1. The maximum Gasteiger partial charge on any atom is 0.326 e. The Morgan fingerprint density at radius 1 is 0.346 bits per heavy atom. The summed E-state index contributed by atoms with van der Waals surface area (Å²) in [5.41, 5.74) is 7.78. The van der Waals surface area contributed by atoms with Crippen LogP contribution in [0.5, 0.6) is 0 Å². The van der Waals surface area contributed by atoms with Gasteiger partial charge in [-0.1, -0.05) is 216 Å². The van der Waals surface area contributed by atoms with Gasteiger partial charge in [-0.3, -0.25) is 71.9 Å². The highest BCUT2D eigenvalue weighted by molar-refractivity contribution is 6.01. The van der Waals surface area contributed by atoms with Crippen LogP contribution in [-0.4, -0.2) is 241 Å². The van der Waals surface area contributed by atoms with Crippen LogP contribution in [0.1, 0.15) is 198 Å². The molecule has 0 saturated carbocycles. The number of benzene rings is 6. The highest BCUT2D eigenvalue weighted by atomic mass is 16.4. The van der Waals surface area contributed by atoms with E-state index < -0.39 is 196 Å². The van der Waals surface area contributed by atoms with Crippen molar-refractivity contribution in [3.63, 3.8) is 0 Å². The van der Waals surface area contributed by atoms with Crippen molar-refractivity contribution in [3.05, 3.63) is 215 Å². The Hall–Kier alpha value is -13.2. The second kappa shape index (κ2) is 46.2. The molecule has 0 aromatic heterocycles. The van der Waals surface area contributed by atoms with E-state index in [1.165, 1.54) is 59.1 Å². The fraction of sp³-hybridized carbons (Fsp3) is 0.480. The van der Waals surface area contributed by atoms with Crippen LogP contribution in [0, 0.1) is 11.8 Å². The van der Waals surface area contributed by atoms with Gasteiger partial charge in [0.05, 0.1) is 6.04 Å². The van der Waals surface area contributed by atoms with Gasteiger partial charge in [0, 0.05) is 45.6 Å². The van der Waals surface area contributed by atoms with Crippen molar-refractivity contribution < 1.29 is 81.8 Å². The number of carboxylic acid groups (broad SMARTS) is 1. The molecule has 0 aliphatic carbocycles. The summed E-state index contributed by atoms with van der Waals surface area (Å²) in [7, 11) is 0. The molecule has 710 valence electrons. The van der Waals surface area contributed by atoms with Gasteiger partial charge in [0.1, 0.15) is 89.6 Å². The van der Waals surface area contributed by atoms with Gasteiger partial charge in [-0.05, 0) is 163 Å². The second-order valence-corrected chi connectivity index (χ2v) is 36.1. The van der Waals surface area contributed by atoms with Crippen molar-refractivity contribution in [2.45, 2.75) is 261 Å². The van der Waals surface area contributed by atoms with E-state index >= 15 is 14.4 Å². The third-order valence-electron chi connectivity index (χ3n) is 26.1. The number of hydrogen-bond acceptors (Lipinski definition) is 17. The first-order chi connectivity index (χ1) is 63.7. The molecule has 15 amide bonds. The van der Waals surface area contributed by atoms with Gasteiger partial charge in [0.15, 0.2) is 0 Å². The molecule has 33 nitrogen and oxygen atoms in total. The van der Waals surface area contributed by atoms with Gasteiger partial charge in [-0.25, -0.2) is 4.79 Å². The number of nitrogens with two attached hydrogens (primary N) is 1. The lowest BCUT2D eigenvalue weighted by molar-refractivity contribution is -0.148. The van der Waals surface area contributed by atoms with E-state index in [9.17, 15) is 67.4 Å². The Kier molecular flexibility index (Phi) is 34.9. The van der Waals surface area contributed by atoms with E-state index in [-0.39, 0.29) is 89.9 Å². The number of carboxylic acids is 1. The molecule has 5 heterocycles. The molecule has 5 aliphatic heterocycles. The first-order valence-electron chi connectivity index (χ1n) is 46.6. The molecule has 11 rings (SSSR count). The standard InChI is InChI=1S/C100H128N16O17/c1-10-62(4)84(97(131)114-57-31-47-78(114)91(125)107-75(88(122)103-64(6)85(119)102-66(8)87(121)108-76(98(132)133)60-61(2)3)52-54-83(118)111-100(71-40-23-14-24-41-71,72-42-25-15-26-43-72)73-44-27-16-28-45-73)109-92(126)79-48-30-56-113(79)96(130)81-50-33-59-116(81)94(128)67(9)105-86(120)65(7)104-89(123)74(106-90(124)77-46-29-55-112(77)95(129)80-49-32-58-115(80)93(127)63(5)101)51-53-82(117)110-99(68-34-17-11-18-35-68,69-36-19-12-20-37-69)70-38-21-13-22-39-70/h11-28,34-45,61-67,74-81,84H,10,29-33,46-60,101H2,1-9H3,(H,102,119)(H,103,122)(H,104,123)(H,105,120)(H,106,124)(H,107,125)(H,108,121)(H,109,126)(H,110,117)(H,111,118)(H,132,133)/t62-,63-,64-,65-,66-,67-,74-,75-,76-,77-,78-,79-,80+,81+,84-/m0/s1. The van der Waals surface area contributed by atoms with Crippen molar-refractivity contribution in [3.8, 4) is 0 Å². The number of likely N-dealkylation sites (tertiary alicyclic amines) is 5. The SMILES string of the molecule is CC[C@H](C)[C@H](NC(=O)[C@@H]1CCCN1C(=O)[C@H]1CCCN1C(=O)[C@H](C)NC(=O)[C@H](C)NC(=O)[C@H](CCC(=O)NC(c1ccccc1)(c1ccccc1)c1ccccc1)NC(=O)[C@@H]1CCCN1C(=O)[C@H]1CCCN1C(=O)[C@H](C)N)C(=O)N1CCC[C@H]1C(=O)N[C@@H](CCC(=O)NC(c1ccccc1)(c1ccccc1)c1ccccc1)C(=O)N[C@@H](C)C(=O)N[C@@H](C)C(=O)N[C@@H](CC(C)C)C(=O)O. The van der Waals surface area contributed by atoms with Crippen LogP contribution >= 0.6 is 0 Å². The molecule has 33 heteroatoms. The predicted octanol–water partition coefficient (Wildman–Crippen LogP) is 5.20. The molecule has 133 heavy (non-hydrogen) atoms. The summed E-state index contributed by atoms with van der Waals surface area (Å²) >= 11 is 0. The minimum Gasteiger partial charge on any atom is -0.480 e. The Bertz CT molecular complexity index is 4920. The number of rotatable bonds is 40. The quantitative estimate of drug-likeness (QED) is 0.0220. The lowest BCUT2D eigenvalue weighted by Gasteiger charge is -2.37. The summed E-state index contributed by atoms with van der Waals surface area (Å²) in [6.07, 6.45) is 2.23. The third-order valence-corrected chi connectivity index (χ3v) is 26.1. The van der Waals surface area contributed by atoms with Crippen LogP contribution in [-0.2, 0) is 87.8 Å². The monoisotopic (exact) mass is 1820 g/mol. The molecule has 6 aromatic rings. The van der Waals surface area contributed by atoms with E-state index in [2.05, 4.69) is 53.2 Å². The van der Waals surface area contributed by atoms with Crippen LogP contribution in [0.15, 0.2) is 182 Å². The van der Waals surface area contributed by atoms with E-state index in [1.807, 2.05) is 189 Å². The average Bonchev–Trinajstić information content (AvgIpc) is 1.74. The number of nitrogens with one attached hydrogen (secondary N) is 10. The summed E-state index contributed by atoms with van der Waals surface area (Å²) < 4.78 is 0. The molecule has 0 unspecified atom stereocenters. The van der Waals surface area contributed by atoms with Crippen LogP contribution in [0.2, 0.25) is 0 Å². The minimum absolute atomic E-state index is 0.0523. The fourth-order valence-corrected chi connectivity index (χ4v) is 18.8. The zero-order valence-electron chi connectivity index (χ0n) is 77.2. The van der Waals surface area contributed by atoms with Crippen molar-refractivity contribution in [2.75, 3.05) is 32.7 Å². The fourth-order valence-electron chi connectivity index (χ4n) is 18.8. The van der Waals surface area contributed by atoms with Crippen molar-refractivity contribution >= 4 is 94.6 Å². The number of hydrogen-bond donors (Lipinski definition) is 12.